The van der Waals surface area contributed by atoms with Crippen LogP contribution in [0.15, 0.2) is 51.8 Å². The first kappa shape index (κ1) is 19.5. The predicted molar refractivity (Wildman–Crippen MR) is 101 cm³/mol. The topological polar surface area (TPSA) is 37.4 Å². The Morgan fingerprint density at radius 3 is 2.31 bits per heavy atom. The van der Waals surface area contributed by atoms with E-state index in [0.29, 0.717) is 49.4 Å². The molecule has 0 amide bonds. The number of rotatable bonds is 5. The fourth-order valence-corrected chi connectivity index (χ4v) is 5.26. The van der Waals surface area contributed by atoms with Crippen molar-refractivity contribution < 1.29 is 17.2 Å². The average molecular weight is 444 g/mol. The van der Waals surface area contributed by atoms with Gasteiger partial charge in [0.05, 0.1) is 10.1 Å². The highest BCUT2D eigenvalue weighted by Crippen LogP contribution is 2.26. The molecule has 26 heavy (non-hydrogen) atoms. The molecule has 0 saturated carbocycles. The van der Waals surface area contributed by atoms with Crippen LogP contribution in [0.2, 0.25) is 0 Å². The molecule has 1 saturated heterocycles. The molecule has 0 unspecified atom stereocenters. The van der Waals surface area contributed by atoms with Gasteiger partial charge in [0.1, 0.15) is 11.6 Å². The number of likely N-dealkylation sites (tertiary alicyclic amines) is 1. The molecule has 7 heteroatoms. The first-order valence-electron chi connectivity index (χ1n) is 8.52. The third kappa shape index (κ3) is 4.50. The highest BCUT2D eigenvalue weighted by atomic mass is 79.9. The van der Waals surface area contributed by atoms with Gasteiger partial charge in [0, 0.05) is 17.1 Å². The van der Waals surface area contributed by atoms with Crippen LogP contribution in [0.1, 0.15) is 18.4 Å². The molecular formula is C19H20BrF2NO2S. The molecule has 3 rings (SSSR count). The van der Waals surface area contributed by atoms with Crippen molar-refractivity contribution in [3.05, 3.63) is 64.1 Å². The molecule has 0 atom stereocenters. The van der Waals surface area contributed by atoms with Crippen LogP contribution in [-0.2, 0) is 16.3 Å². The maximum Gasteiger partial charge on any atom is 0.181 e. The van der Waals surface area contributed by atoms with Gasteiger partial charge >= 0.3 is 0 Å². The molecule has 1 heterocycles. The minimum Gasteiger partial charge on any atom is -0.303 e. The number of piperidine rings is 1. The monoisotopic (exact) mass is 443 g/mol. The Bertz CT molecular complexity index is 864. The fraction of sp³-hybridized carbons (Fsp3) is 0.368. The number of benzene rings is 2. The van der Waals surface area contributed by atoms with Crippen molar-refractivity contribution in [2.75, 3.05) is 19.6 Å². The van der Waals surface area contributed by atoms with Crippen molar-refractivity contribution in [2.24, 2.45) is 0 Å². The third-order valence-electron chi connectivity index (χ3n) is 4.83. The van der Waals surface area contributed by atoms with Crippen LogP contribution in [-0.4, -0.2) is 38.2 Å². The molecule has 0 N–H and O–H groups in total. The van der Waals surface area contributed by atoms with E-state index in [4.69, 9.17) is 0 Å². The summed E-state index contributed by atoms with van der Waals surface area (Å²) in [4.78, 5) is 2.49. The number of nitrogens with zero attached hydrogens (tertiary/aromatic N) is 1. The van der Waals surface area contributed by atoms with E-state index in [0.717, 1.165) is 10.5 Å². The molecular weight excluding hydrogens is 424 g/mol. The fourth-order valence-electron chi connectivity index (χ4n) is 3.26. The van der Waals surface area contributed by atoms with Crippen molar-refractivity contribution in [3.63, 3.8) is 0 Å². The van der Waals surface area contributed by atoms with Gasteiger partial charge in [0.25, 0.3) is 0 Å². The van der Waals surface area contributed by atoms with Crippen LogP contribution in [0, 0.1) is 11.6 Å². The summed E-state index contributed by atoms with van der Waals surface area (Å²) in [6, 6.07) is 10.3. The van der Waals surface area contributed by atoms with E-state index in [1.54, 1.807) is 24.3 Å². The van der Waals surface area contributed by atoms with E-state index in [2.05, 4.69) is 20.8 Å². The molecule has 0 aliphatic carbocycles. The number of hydrogen-bond acceptors (Lipinski definition) is 3. The normalized spacial score (nSPS) is 16.7. The lowest BCUT2D eigenvalue weighted by Crippen LogP contribution is -2.40. The first-order valence-corrected chi connectivity index (χ1v) is 10.9. The van der Waals surface area contributed by atoms with Crippen molar-refractivity contribution in [3.8, 4) is 0 Å². The Kier molecular flexibility index (Phi) is 6.10. The van der Waals surface area contributed by atoms with Crippen LogP contribution >= 0.6 is 15.9 Å². The smallest absolute Gasteiger partial charge is 0.181 e. The zero-order chi connectivity index (χ0) is 18.7. The van der Waals surface area contributed by atoms with Crippen LogP contribution in [0.25, 0.3) is 0 Å². The van der Waals surface area contributed by atoms with Gasteiger partial charge in [-0.2, -0.15) is 0 Å². The Balaban J connectivity index is 1.56. The van der Waals surface area contributed by atoms with Gasteiger partial charge in [-0.25, -0.2) is 17.2 Å². The summed E-state index contributed by atoms with van der Waals surface area (Å²) in [5.74, 6) is -1.11. The molecule has 0 bridgehead atoms. The summed E-state index contributed by atoms with van der Waals surface area (Å²) in [7, 11) is -3.33. The number of hydrogen-bond donors (Lipinski definition) is 0. The van der Waals surface area contributed by atoms with E-state index >= 15 is 0 Å². The largest absolute Gasteiger partial charge is 0.303 e. The summed E-state index contributed by atoms with van der Waals surface area (Å²) < 4.78 is 53.0. The van der Waals surface area contributed by atoms with Crippen LogP contribution in [0.3, 0.4) is 0 Å². The molecule has 0 aromatic heterocycles. The van der Waals surface area contributed by atoms with E-state index in [1.807, 2.05) is 0 Å². The summed E-state index contributed by atoms with van der Waals surface area (Å²) in [5.41, 5.74) is 0.482. The molecule has 0 spiro atoms. The standard InChI is InChI=1S/C19H20BrF2NO2S/c20-15-2-5-17(6-3-15)26(24,25)18-8-11-23(12-9-18)10-7-14-1-4-16(21)13-19(14)22/h1-6,13,18H,7-12H2. The van der Waals surface area contributed by atoms with Crippen molar-refractivity contribution >= 4 is 25.8 Å². The molecule has 1 fully saturated rings. The Morgan fingerprint density at radius 1 is 1.04 bits per heavy atom. The van der Waals surface area contributed by atoms with Crippen molar-refractivity contribution in [1.82, 2.24) is 4.90 Å². The lowest BCUT2D eigenvalue weighted by Gasteiger charge is -2.31. The van der Waals surface area contributed by atoms with E-state index in [9.17, 15) is 17.2 Å². The van der Waals surface area contributed by atoms with Gasteiger partial charge in [-0.3, -0.25) is 0 Å². The predicted octanol–water partition coefficient (Wildman–Crippen LogP) is 4.21. The second-order valence-electron chi connectivity index (χ2n) is 6.53. The summed E-state index contributed by atoms with van der Waals surface area (Å²) >= 11 is 3.31. The SMILES string of the molecule is O=S(=O)(c1ccc(Br)cc1)C1CCN(CCc2ccc(F)cc2F)CC1. The molecule has 3 nitrogen and oxygen atoms in total. The third-order valence-corrected chi connectivity index (χ3v) is 7.64. The Hall–Kier alpha value is -1.31. The van der Waals surface area contributed by atoms with E-state index < -0.39 is 21.5 Å². The maximum absolute atomic E-state index is 13.7. The lowest BCUT2D eigenvalue weighted by molar-refractivity contribution is 0.232. The highest BCUT2D eigenvalue weighted by Gasteiger charge is 2.31. The average Bonchev–Trinajstić information content (AvgIpc) is 2.62. The Labute approximate surface area is 161 Å². The summed E-state index contributed by atoms with van der Waals surface area (Å²) in [5, 5.41) is -0.387. The van der Waals surface area contributed by atoms with Crippen molar-refractivity contribution in [1.29, 1.82) is 0 Å². The highest BCUT2D eigenvalue weighted by molar-refractivity contribution is 9.10. The molecule has 140 valence electrons. The quantitative estimate of drug-likeness (QED) is 0.694. The van der Waals surface area contributed by atoms with Gasteiger partial charge in [0.15, 0.2) is 9.84 Å². The molecule has 0 radical (unpaired) electrons. The van der Waals surface area contributed by atoms with Crippen molar-refractivity contribution in [2.45, 2.75) is 29.4 Å². The minimum absolute atomic E-state index is 0.354. The summed E-state index contributed by atoms with van der Waals surface area (Å²) in [6.45, 7) is 1.94. The number of sulfone groups is 1. The Morgan fingerprint density at radius 2 is 1.69 bits per heavy atom. The second kappa shape index (κ2) is 8.15. The molecule has 1 aliphatic rings. The summed E-state index contributed by atoms with van der Waals surface area (Å²) in [6.07, 6.45) is 1.60. The van der Waals surface area contributed by atoms with Gasteiger partial charge in [-0.15, -0.1) is 0 Å². The van der Waals surface area contributed by atoms with Crippen LogP contribution in [0.5, 0.6) is 0 Å². The van der Waals surface area contributed by atoms with E-state index in [-0.39, 0.29) is 5.25 Å². The second-order valence-corrected chi connectivity index (χ2v) is 9.67. The molecule has 1 aliphatic heterocycles. The maximum atomic E-state index is 13.7. The number of halogens is 3. The molecule has 2 aromatic carbocycles. The van der Waals surface area contributed by atoms with Gasteiger partial charge in [-0.05, 0) is 68.2 Å². The molecule has 2 aromatic rings. The van der Waals surface area contributed by atoms with Gasteiger partial charge in [0.2, 0.25) is 0 Å². The van der Waals surface area contributed by atoms with Gasteiger partial charge in [-0.1, -0.05) is 22.0 Å². The lowest BCUT2D eigenvalue weighted by atomic mass is 10.1. The van der Waals surface area contributed by atoms with E-state index in [1.165, 1.54) is 12.1 Å². The zero-order valence-electron chi connectivity index (χ0n) is 14.2. The van der Waals surface area contributed by atoms with Gasteiger partial charge < -0.3 is 4.90 Å². The first-order chi connectivity index (χ1) is 12.4. The zero-order valence-corrected chi connectivity index (χ0v) is 16.6. The minimum atomic E-state index is -3.33. The van der Waals surface area contributed by atoms with Crippen LogP contribution < -0.4 is 0 Å². The van der Waals surface area contributed by atoms with Crippen LogP contribution in [0.4, 0.5) is 8.78 Å².